The van der Waals surface area contributed by atoms with Crippen molar-refractivity contribution in [1.29, 1.82) is 0 Å². The van der Waals surface area contributed by atoms with Crippen molar-refractivity contribution >= 4 is 11.3 Å². The summed E-state index contributed by atoms with van der Waals surface area (Å²) in [5.41, 5.74) is 1.41. The molecule has 0 amide bonds. The lowest BCUT2D eigenvalue weighted by Gasteiger charge is -2.36. The number of aromatic nitrogens is 1. The Morgan fingerprint density at radius 3 is 2.65 bits per heavy atom. The fraction of sp³-hybridized carbons (Fsp3) is 0.824. The third-order valence-electron chi connectivity index (χ3n) is 4.40. The zero-order valence-electron chi connectivity index (χ0n) is 13.7. The van der Waals surface area contributed by atoms with Gasteiger partial charge >= 0.3 is 0 Å². The molecular weight excluding hydrogens is 264 g/mol. The van der Waals surface area contributed by atoms with Crippen molar-refractivity contribution < 1.29 is 0 Å². The highest BCUT2D eigenvalue weighted by atomic mass is 32.1. The van der Waals surface area contributed by atoms with Crippen molar-refractivity contribution in [2.24, 2.45) is 17.8 Å². The minimum absolute atomic E-state index is 0.228. The molecule has 0 aromatic carbocycles. The molecule has 1 heterocycles. The molecular formula is C17H30N2S. The number of aryl methyl sites for hydroxylation is 1. The number of thiazole rings is 1. The maximum absolute atomic E-state index is 4.67. The lowest BCUT2D eigenvalue weighted by molar-refractivity contribution is 0.174. The minimum Gasteiger partial charge on any atom is -0.312 e. The van der Waals surface area contributed by atoms with Crippen LogP contribution in [0, 0.1) is 24.7 Å². The van der Waals surface area contributed by atoms with E-state index in [0.717, 1.165) is 24.3 Å². The molecule has 3 unspecified atom stereocenters. The summed E-state index contributed by atoms with van der Waals surface area (Å²) in [7, 11) is 0. The first-order valence-electron chi connectivity index (χ1n) is 7.99. The quantitative estimate of drug-likeness (QED) is 0.888. The molecule has 0 bridgehead atoms. The molecule has 20 heavy (non-hydrogen) atoms. The van der Waals surface area contributed by atoms with Crippen molar-refractivity contribution in [1.82, 2.24) is 10.3 Å². The molecule has 0 spiro atoms. The van der Waals surface area contributed by atoms with Gasteiger partial charge in [-0.15, -0.1) is 11.3 Å². The fourth-order valence-corrected chi connectivity index (χ4v) is 4.10. The zero-order chi connectivity index (χ0) is 14.8. The number of rotatable bonds is 4. The molecule has 1 N–H and O–H groups in total. The molecule has 2 rings (SSSR count). The van der Waals surface area contributed by atoms with Gasteiger partial charge in [0.2, 0.25) is 0 Å². The van der Waals surface area contributed by atoms with Crippen LogP contribution in [0.3, 0.4) is 0 Å². The summed E-state index contributed by atoms with van der Waals surface area (Å²) < 4.78 is 0. The first kappa shape index (κ1) is 16.0. The van der Waals surface area contributed by atoms with Crippen LogP contribution in [0.15, 0.2) is 5.38 Å². The number of hydrogen-bond donors (Lipinski definition) is 1. The van der Waals surface area contributed by atoms with E-state index in [-0.39, 0.29) is 5.54 Å². The van der Waals surface area contributed by atoms with E-state index in [4.69, 9.17) is 0 Å². The Kier molecular flexibility index (Phi) is 5.25. The molecule has 2 nitrogen and oxygen atoms in total. The normalized spacial score (nSPS) is 27.8. The van der Waals surface area contributed by atoms with Gasteiger partial charge in [-0.3, -0.25) is 0 Å². The molecule has 1 fully saturated rings. The van der Waals surface area contributed by atoms with E-state index >= 15 is 0 Å². The number of nitrogens with one attached hydrogen (secondary N) is 1. The predicted octanol–water partition coefficient (Wildman–Crippen LogP) is 4.43. The van der Waals surface area contributed by atoms with Crippen LogP contribution in [0.4, 0.5) is 0 Å². The topological polar surface area (TPSA) is 24.9 Å². The van der Waals surface area contributed by atoms with Crippen LogP contribution in [0.5, 0.6) is 0 Å². The van der Waals surface area contributed by atoms with Gasteiger partial charge in [-0.25, -0.2) is 4.98 Å². The molecule has 0 saturated heterocycles. The Labute approximate surface area is 128 Å². The molecule has 1 aromatic heterocycles. The summed E-state index contributed by atoms with van der Waals surface area (Å²) in [5, 5.41) is 7.23. The average Bonchev–Trinajstić information content (AvgIpc) is 2.72. The molecule has 1 aliphatic carbocycles. The van der Waals surface area contributed by atoms with Gasteiger partial charge in [0.15, 0.2) is 0 Å². The Balaban J connectivity index is 1.97. The molecule has 1 aromatic rings. The molecule has 114 valence electrons. The zero-order valence-corrected chi connectivity index (χ0v) is 14.5. The van der Waals surface area contributed by atoms with Crippen molar-refractivity contribution in [3.8, 4) is 0 Å². The van der Waals surface area contributed by atoms with Gasteiger partial charge < -0.3 is 5.32 Å². The first-order chi connectivity index (χ1) is 9.33. The smallest absolute Gasteiger partial charge is 0.0930 e. The Hall–Kier alpha value is -0.410. The van der Waals surface area contributed by atoms with Crippen molar-refractivity contribution in [3.05, 3.63) is 16.1 Å². The fourth-order valence-electron chi connectivity index (χ4n) is 3.24. The standard InChI is InChI=1S/C17H30N2S/c1-12-6-7-14(10-18-17(3,4)5)15(8-12)9-16-19-13(2)11-20-16/h11-12,14-15,18H,6-10H2,1-5H3. The van der Waals surface area contributed by atoms with E-state index in [0.29, 0.717) is 0 Å². The lowest BCUT2D eigenvalue weighted by Crippen LogP contribution is -2.42. The van der Waals surface area contributed by atoms with Gasteiger partial charge in [-0.1, -0.05) is 13.3 Å². The van der Waals surface area contributed by atoms with E-state index < -0.39 is 0 Å². The van der Waals surface area contributed by atoms with Crippen LogP contribution in [-0.4, -0.2) is 17.1 Å². The number of nitrogens with zero attached hydrogens (tertiary/aromatic N) is 1. The second kappa shape index (κ2) is 6.57. The Morgan fingerprint density at radius 1 is 1.30 bits per heavy atom. The minimum atomic E-state index is 0.228. The van der Waals surface area contributed by atoms with Crippen LogP contribution in [0.2, 0.25) is 0 Å². The molecule has 0 aliphatic heterocycles. The second-order valence-corrected chi connectivity index (χ2v) is 8.60. The van der Waals surface area contributed by atoms with E-state index in [1.54, 1.807) is 0 Å². The van der Waals surface area contributed by atoms with Crippen LogP contribution in [0.25, 0.3) is 0 Å². The third kappa shape index (κ3) is 4.85. The van der Waals surface area contributed by atoms with Crippen molar-refractivity contribution in [2.45, 2.75) is 65.8 Å². The third-order valence-corrected chi connectivity index (χ3v) is 5.39. The lowest BCUT2D eigenvalue weighted by atomic mass is 9.73. The van der Waals surface area contributed by atoms with Gasteiger partial charge in [0.05, 0.1) is 5.01 Å². The predicted molar refractivity (Wildman–Crippen MR) is 88.3 cm³/mol. The average molecular weight is 295 g/mol. The van der Waals surface area contributed by atoms with Gasteiger partial charge in [-0.2, -0.15) is 0 Å². The summed E-state index contributed by atoms with van der Waals surface area (Å²) in [5.74, 6) is 2.50. The largest absolute Gasteiger partial charge is 0.312 e. The molecule has 0 radical (unpaired) electrons. The van der Waals surface area contributed by atoms with Gasteiger partial charge in [0, 0.05) is 23.0 Å². The summed E-state index contributed by atoms with van der Waals surface area (Å²) in [6.07, 6.45) is 5.32. The van der Waals surface area contributed by atoms with Crippen LogP contribution in [0.1, 0.15) is 57.7 Å². The highest BCUT2D eigenvalue weighted by molar-refractivity contribution is 7.09. The summed E-state index contributed by atoms with van der Waals surface area (Å²) in [6, 6.07) is 0. The summed E-state index contributed by atoms with van der Waals surface area (Å²) >= 11 is 1.84. The van der Waals surface area contributed by atoms with Crippen LogP contribution >= 0.6 is 11.3 Å². The first-order valence-corrected chi connectivity index (χ1v) is 8.87. The second-order valence-electron chi connectivity index (χ2n) is 7.66. The van der Waals surface area contributed by atoms with Gasteiger partial charge in [0.1, 0.15) is 0 Å². The highest BCUT2D eigenvalue weighted by Gasteiger charge is 2.30. The maximum Gasteiger partial charge on any atom is 0.0930 e. The summed E-state index contributed by atoms with van der Waals surface area (Å²) in [4.78, 5) is 4.67. The highest BCUT2D eigenvalue weighted by Crippen LogP contribution is 2.36. The van der Waals surface area contributed by atoms with E-state index in [1.165, 1.54) is 36.4 Å². The maximum atomic E-state index is 4.67. The number of hydrogen-bond acceptors (Lipinski definition) is 3. The van der Waals surface area contributed by atoms with Crippen LogP contribution in [-0.2, 0) is 6.42 Å². The van der Waals surface area contributed by atoms with E-state index in [2.05, 4.69) is 50.3 Å². The van der Waals surface area contributed by atoms with Crippen molar-refractivity contribution in [2.75, 3.05) is 6.54 Å². The van der Waals surface area contributed by atoms with E-state index in [9.17, 15) is 0 Å². The molecule has 1 saturated carbocycles. The SMILES string of the molecule is Cc1csc(CC2CC(C)CCC2CNC(C)(C)C)n1. The Morgan fingerprint density at radius 2 is 2.05 bits per heavy atom. The Bertz CT molecular complexity index is 419. The van der Waals surface area contributed by atoms with Crippen LogP contribution < -0.4 is 5.32 Å². The van der Waals surface area contributed by atoms with Crippen molar-refractivity contribution in [3.63, 3.8) is 0 Å². The van der Waals surface area contributed by atoms with E-state index in [1.807, 2.05) is 11.3 Å². The summed E-state index contributed by atoms with van der Waals surface area (Å²) in [6.45, 7) is 12.5. The van der Waals surface area contributed by atoms with Gasteiger partial charge in [-0.05, 0) is 64.8 Å². The molecule has 1 aliphatic rings. The van der Waals surface area contributed by atoms with Gasteiger partial charge in [0.25, 0.3) is 0 Å². The monoisotopic (exact) mass is 294 g/mol. The molecule has 3 heteroatoms. The molecule has 3 atom stereocenters.